The number of aryl methyl sites for hydroxylation is 1. The number of nitrogens with one attached hydrogen (secondary N) is 1. The number of hydrogen-bond donors (Lipinski definition) is 1. The van der Waals surface area contributed by atoms with E-state index in [1.54, 1.807) is 0 Å². The molecule has 1 aromatic rings. The molecule has 2 nitrogen and oxygen atoms in total. The first kappa shape index (κ1) is 10.4. The second-order valence-electron chi connectivity index (χ2n) is 3.85. The van der Waals surface area contributed by atoms with E-state index in [1.807, 2.05) is 11.8 Å². The van der Waals surface area contributed by atoms with Gasteiger partial charge in [0.05, 0.1) is 6.07 Å². The maximum Gasteiger partial charge on any atom is 0.0622 e. The fourth-order valence-corrected chi connectivity index (χ4v) is 2.90. The summed E-state index contributed by atoms with van der Waals surface area (Å²) in [7, 11) is 0. The van der Waals surface area contributed by atoms with Gasteiger partial charge < -0.3 is 5.32 Å². The van der Waals surface area contributed by atoms with Crippen molar-refractivity contribution in [1.29, 1.82) is 5.26 Å². The van der Waals surface area contributed by atoms with E-state index >= 15 is 0 Å². The normalized spacial score (nSPS) is 18.8. The van der Waals surface area contributed by atoms with Crippen molar-refractivity contribution in [3.8, 4) is 6.07 Å². The fourth-order valence-electron chi connectivity index (χ4n) is 1.71. The Balaban J connectivity index is 2.07. The summed E-state index contributed by atoms with van der Waals surface area (Å²) in [5.41, 5.74) is 2.53. The highest BCUT2D eigenvalue weighted by Crippen LogP contribution is 2.34. The van der Waals surface area contributed by atoms with Gasteiger partial charge in [-0.25, -0.2) is 0 Å². The van der Waals surface area contributed by atoms with Crippen LogP contribution in [0, 0.1) is 18.3 Å². The van der Waals surface area contributed by atoms with Gasteiger partial charge in [0, 0.05) is 28.8 Å². The molecule has 0 bridgehead atoms. The summed E-state index contributed by atoms with van der Waals surface area (Å²) in [6, 6.07) is 9.12. The molecule has 1 aliphatic heterocycles. The summed E-state index contributed by atoms with van der Waals surface area (Å²) in [6.07, 6.45) is 1.58. The van der Waals surface area contributed by atoms with Crippen LogP contribution in [0.25, 0.3) is 0 Å². The number of fused-ring (bicyclic) bond motifs is 1. The molecule has 1 heterocycles. The third kappa shape index (κ3) is 2.45. The summed E-state index contributed by atoms with van der Waals surface area (Å²) in [5, 5.41) is 12.0. The number of nitriles is 1. The highest BCUT2D eigenvalue weighted by molar-refractivity contribution is 7.99. The van der Waals surface area contributed by atoms with Crippen molar-refractivity contribution >= 4 is 17.4 Å². The Labute approximate surface area is 94.7 Å². The largest absolute Gasteiger partial charge is 0.381 e. The van der Waals surface area contributed by atoms with Gasteiger partial charge >= 0.3 is 0 Å². The molecular formula is C12H14N2S. The lowest BCUT2D eigenvalue weighted by Crippen LogP contribution is -2.25. The fraction of sp³-hybridized carbons (Fsp3) is 0.417. The van der Waals surface area contributed by atoms with E-state index in [2.05, 4.69) is 36.5 Å². The molecule has 1 unspecified atom stereocenters. The van der Waals surface area contributed by atoms with E-state index in [9.17, 15) is 0 Å². The van der Waals surface area contributed by atoms with Crippen molar-refractivity contribution < 1.29 is 0 Å². The zero-order valence-electron chi connectivity index (χ0n) is 8.79. The topological polar surface area (TPSA) is 35.8 Å². The summed E-state index contributed by atoms with van der Waals surface area (Å²) in [5.74, 6) is 1.07. The van der Waals surface area contributed by atoms with Gasteiger partial charge in [-0.15, -0.1) is 11.8 Å². The summed E-state index contributed by atoms with van der Waals surface area (Å²) in [4.78, 5) is 1.34. The molecule has 0 fully saturated rings. The number of thioether (sulfide) groups is 1. The van der Waals surface area contributed by atoms with Gasteiger partial charge in [-0.1, -0.05) is 6.07 Å². The molecule has 1 atom stereocenters. The van der Waals surface area contributed by atoms with Crippen LogP contribution in [0.4, 0.5) is 5.69 Å². The number of rotatable bonds is 2. The van der Waals surface area contributed by atoms with Crippen molar-refractivity contribution in [3.63, 3.8) is 0 Å². The SMILES string of the molecule is Cc1ccc2c(c1)SCC(CCC#N)N2. The van der Waals surface area contributed by atoms with Crippen LogP contribution in [0.3, 0.4) is 0 Å². The van der Waals surface area contributed by atoms with E-state index in [0.717, 1.165) is 12.2 Å². The second-order valence-corrected chi connectivity index (χ2v) is 4.91. The minimum atomic E-state index is 0.449. The van der Waals surface area contributed by atoms with Crippen molar-refractivity contribution in [3.05, 3.63) is 23.8 Å². The molecule has 1 aliphatic rings. The molecule has 0 saturated heterocycles. The van der Waals surface area contributed by atoms with Crippen LogP contribution in [0.1, 0.15) is 18.4 Å². The molecule has 3 heteroatoms. The average Bonchev–Trinajstić information content (AvgIpc) is 2.26. The zero-order chi connectivity index (χ0) is 10.7. The zero-order valence-corrected chi connectivity index (χ0v) is 9.60. The van der Waals surface area contributed by atoms with Gasteiger partial charge in [0.1, 0.15) is 0 Å². The van der Waals surface area contributed by atoms with Crippen LogP contribution in [0.2, 0.25) is 0 Å². The number of benzene rings is 1. The van der Waals surface area contributed by atoms with Crippen molar-refractivity contribution in [2.45, 2.75) is 30.7 Å². The number of anilines is 1. The van der Waals surface area contributed by atoms with Gasteiger partial charge in [-0.3, -0.25) is 0 Å². The molecule has 0 amide bonds. The molecule has 1 N–H and O–H groups in total. The molecule has 0 radical (unpaired) electrons. The highest BCUT2D eigenvalue weighted by atomic mass is 32.2. The Morgan fingerprint density at radius 2 is 2.47 bits per heavy atom. The number of hydrogen-bond acceptors (Lipinski definition) is 3. The smallest absolute Gasteiger partial charge is 0.0622 e. The van der Waals surface area contributed by atoms with Crippen LogP contribution < -0.4 is 5.32 Å². The van der Waals surface area contributed by atoms with Crippen molar-refractivity contribution in [1.82, 2.24) is 0 Å². The Bertz CT molecular complexity index is 395. The average molecular weight is 218 g/mol. The van der Waals surface area contributed by atoms with E-state index in [-0.39, 0.29) is 0 Å². The van der Waals surface area contributed by atoms with Gasteiger partial charge in [0.2, 0.25) is 0 Å². The Morgan fingerprint density at radius 1 is 1.60 bits per heavy atom. The second kappa shape index (κ2) is 4.59. The first-order valence-corrected chi connectivity index (χ1v) is 6.15. The maximum absolute atomic E-state index is 8.54. The van der Waals surface area contributed by atoms with Crippen LogP contribution in [-0.4, -0.2) is 11.8 Å². The maximum atomic E-state index is 8.54. The predicted molar refractivity (Wildman–Crippen MR) is 64.2 cm³/mol. The molecule has 0 aromatic heterocycles. The molecule has 0 spiro atoms. The lowest BCUT2D eigenvalue weighted by atomic mass is 10.1. The Morgan fingerprint density at radius 3 is 3.27 bits per heavy atom. The van der Waals surface area contributed by atoms with Crippen molar-refractivity contribution in [2.24, 2.45) is 0 Å². The molecule has 2 rings (SSSR count). The van der Waals surface area contributed by atoms with Crippen LogP contribution in [0.5, 0.6) is 0 Å². The molecule has 15 heavy (non-hydrogen) atoms. The molecule has 0 saturated carbocycles. The van der Waals surface area contributed by atoms with E-state index in [4.69, 9.17) is 5.26 Å². The monoisotopic (exact) mass is 218 g/mol. The summed E-state index contributed by atoms with van der Waals surface area (Å²) < 4.78 is 0. The van der Waals surface area contributed by atoms with Gasteiger partial charge in [-0.05, 0) is 31.0 Å². The quantitative estimate of drug-likeness (QED) is 0.828. The summed E-state index contributed by atoms with van der Waals surface area (Å²) >= 11 is 1.89. The van der Waals surface area contributed by atoms with Crippen LogP contribution in [0.15, 0.2) is 23.1 Å². The lowest BCUT2D eigenvalue weighted by molar-refractivity contribution is 0.724. The van der Waals surface area contributed by atoms with E-state index < -0.39 is 0 Å². The lowest BCUT2D eigenvalue weighted by Gasteiger charge is -2.26. The first-order valence-electron chi connectivity index (χ1n) is 5.16. The Hall–Kier alpha value is -1.14. The van der Waals surface area contributed by atoms with Gasteiger partial charge in [-0.2, -0.15) is 5.26 Å². The van der Waals surface area contributed by atoms with Crippen LogP contribution in [-0.2, 0) is 0 Å². The van der Waals surface area contributed by atoms with Gasteiger partial charge in [0.15, 0.2) is 0 Å². The van der Waals surface area contributed by atoms with Crippen molar-refractivity contribution in [2.75, 3.05) is 11.1 Å². The highest BCUT2D eigenvalue weighted by Gasteiger charge is 2.17. The predicted octanol–water partition coefficient (Wildman–Crippen LogP) is 3.19. The third-order valence-electron chi connectivity index (χ3n) is 2.54. The molecule has 1 aromatic carbocycles. The van der Waals surface area contributed by atoms with E-state index in [0.29, 0.717) is 12.5 Å². The molecular weight excluding hydrogens is 204 g/mol. The third-order valence-corrected chi connectivity index (χ3v) is 3.76. The Kier molecular flexibility index (Phi) is 3.17. The summed E-state index contributed by atoms with van der Waals surface area (Å²) in [6.45, 7) is 2.11. The van der Waals surface area contributed by atoms with Gasteiger partial charge in [0.25, 0.3) is 0 Å². The standard InChI is InChI=1S/C12H14N2S/c1-9-4-5-11-12(7-9)15-8-10(14-11)3-2-6-13/h4-5,7,10,14H,2-3,8H2,1H3. The molecule has 0 aliphatic carbocycles. The first-order chi connectivity index (χ1) is 7.29. The minimum Gasteiger partial charge on any atom is -0.381 e. The van der Waals surface area contributed by atoms with E-state index in [1.165, 1.54) is 16.1 Å². The minimum absolute atomic E-state index is 0.449. The van der Waals surface area contributed by atoms with Crippen LogP contribution >= 0.6 is 11.8 Å². The number of nitrogens with zero attached hydrogens (tertiary/aromatic N) is 1. The molecule has 78 valence electrons.